The summed E-state index contributed by atoms with van der Waals surface area (Å²) < 4.78 is 5.64. The maximum Gasteiger partial charge on any atom is 0.119 e. The van der Waals surface area contributed by atoms with Gasteiger partial charge in [-0.2, -0.15) is 0 Å². The van der Waals surface area contributed by atoms with Gasteiger partial charge in [-0.25, -0.2) is 0 Å². The zero-order valence-electron chi connectivity index (χ0n) is 11.3. The number of ether oxygens (including phenoxy) is 1. The van der Waals surface area contributed by atoms with Gasteiger partial charge < -0.3 is 4.74 Å². The van der Waals surface area contributed by atoms with Crippen molar-refractivity contribution in [3.05, 3.63) is 47.6 Å². The van der Waals surface area contributed by atoms with E-state index in [1.165, 1.54) is 41.5 Å². The average molecular weight is 240 g/mol. The Morgan fingerprint density at radius 2 is 2.22 bits per heavy atom. The van der Waals surface area contributed by atoms with Crippen molar-refractivity contribution in [3.63, 3.8) is 0 Å². The first-order chi connectivity index (χ1) is 8.66. The molecule has 0 spiro atoms. The van der Waals surface area contributed by atoms with E-state index in [-0.39, 0.29) is 5.41 Å². The van der Waals surface area contributed by atoms with E-state index < -0.39 is 0 Å². The van der Waals surface area contributed by atoms with E-state index in [1.807, 2.05) is 6.92 Å². The van der Waals surface area contributed by atoms with Crippen LogP contribution in [0.2, 0.25) is 0 Å². The Bertz CT molecular complexity index is 539. The summed E-state index contributed by atoms with van der Waals surface area (Å²) in [5.74, 6) is 0.983. The minimum Gasteiger partial charge on any atom is -0.494 e. The van der Waals surface area contributed by atoms with Crippen molar-refractivity contribution in [1.29, 1.82) is 0 Å². The highest BCUT2D eigenvalue weighted by atomic mass is 16.5. The van der Waals surface area contributed by atoms with Gasteiger partial charge in [0.25, 0.3) is 0 Å². The maximum atomic E-state index is 5.64. The first-order valence-corrected chi connectivity index (χ1v) is 6.84. The first kappa shape index (κ1) is 11.6. The minimum absolute atomic E-state index is 0.164. The van der Waals surface area contributed by atoms with E-state index in [1.54, 1.807) is 0 Å². The van der Waals surface area contributed by atoms with Crippen LogP contribution in [-0.2, 0) is 5.41 Å². The zero-order valence-corrected chi connectivity index (χ0v) is 11.3. The number of hydrogen-bond donors (Lipinski definition) is 0. The molecule has 0 aliphatic heterocycles. The summed E-state index contributed by atoms with van der Waals surface area (Å²) in [4.78, 5) is 0. The van der Waals surface area contributed by atoms with Crippen molar-refractivity contribution in [1.82, 2.24) is 0 Å². The van der Waals surface area contributed by atoms with Gasteiger partial charge in [-0.3, -0.25) is 0 Å². The molecule has 2 aliphatic rings. The molecule has 0 saturated carbocycles. The second kappa shape index (κ2) is 4.01. The van der Waals surface area contributed by atoms with Crippen LogP contribution >= 0.6 is 0 Å². The van der Waals surface area contributed by atoms with Gasteiger partial charge in [0.15, 0.2) is 0 Å². The van der Waals surface area contributed by atoms with Gasteiger partial charge in [0.1, 0.15) is 5.75 Å². The van der Waals surface area contributed by atoms with Crippen LogP contribution in [0.3, 0.4) is 0 Å². The second-order valence-corrected chi connectivity index (χ2v) is 5.46. The van der Waals surface area contributed by atoms with Gasteiger partial charge in [-0.15, -0.1) is 0 Å². The van der Waals surface area contributed by atoms with Gasteiger partial charge in [-0.1, -0.05) is 25.6 Å². The molecule has 0 saturated heterocycles. The maximum absolute atomic E-state index is 5.64. The number of hydrogen-bond acceptors (Lipinski definition) is 1. The topological polar surface area (TPSA) is 9.23 Å². The van der Waals surface area contributed by atoms with Gasteiger partial charge in [0, 0.05) is 5.41 Å². The Labute approximate surface area is 109 Å². The molecule has 0 aromatic heterocycles. The van der Waals surface area contributed by atoms with E-state index in [0.717, 1.165) is 12.4 Å². The Kier molecular flexibility index (Phi) is 2.58. The van der Waals surface area contributed by atoms with Crippen LogP contribution in [0.5, 0.6) is 5.75 Å². The molecular formula is C17H20O. The fourth-order valence-electron chi connectivity index (χ4n) is 3.44. The molecule has 0 bridgehead atoms. The zero-order chi connectivity index (χ0) is 12.8. The highest BCUT2D eigenvalue weighted by Crippen LogP contribution is 2.54. The third kappa shape index (κ3) is 1.46. The predicted octanol–water partition coefficient (Wildman–Crippen LogP) is 4.48. The molecule has 0 heterocycles. The molecule has 94 valence electrons. The third-order valence-corrected chi connectivity index (χ3v) is 4.37. The molecule has 1 aromatic carbocycles. The van der Waals surface area contributed by atoms with Crippen LogP contribution in [0, 0.1) is 0 Å². The van der Waals surface area contributed by atoms with E-state index in [2.05, 4.69) is 37.8 Å². The quantitative estimate of drug-likeness (QED) is 0.740. The molecular weight excluding hydrogens is 220 g/mol. The summed E-state index contributed by atoms with van der Waals surface area (Å²) >= 11 is 0. The van der Waals surface area contributed by atoms with E-state index >= 15 is 0 Å². The van der Waals surface area contributed by atoms with Gasteiger partial charge in [-0.05, 0) is 60.6 Å². The van der Waals surface area contributed by atoms with Gasteiger partial charge >= 0.3 is 0 Å². The fourth-order valence-corrected chi connectivity index (χ4v) is 3.44. The van der Waals surface area contributed by atoms with Gasteiger partial charge in [0.2, 0.25) is 0 Å². The van der Waals surface area contributed by atoms with Crippen molar-refractivity contribution in [3.8, 4) is 5.75 Å². The van der Waals surface area contributed by atoms with E-state index in [0.29, 0.717) is 0 Å². The van der Waals surface area contributed by atoms with Crippen molar-refractivity contribution in [2.75, 3.05) is 6.61 Å². The molecule has 1 unspecified atom stereocenters. The second-order valence-electron chi connectivity index (χ2n) is 5.46. The third-order valence-electron chi connectivity index (χ3n) is 4.37. The van der Waals surface area contributed by atoms with Crippen LogP contribution in [-0.4, -0.2) is 6.61 Å². The summed E-state index contributed by atoms with van der Waals surface area (Å²) in [5.41, 5.74) is 5.55. The Balaban J connectivity index is 2.16. The van der Waals surface area contributed by atoms with Crippen molar-refractivity contribution in [2.45, 2.75) is 38.5 Å². The molecule has 0 radical (unpaired) electrons. The van der Waals surface area contributed by atoms with Crippen molar-refractivity contribution >= 4 is 5.57 Å². The smallest absolute Gasteiger partial charge is 0.119 e. The lowest BCUT2D eigenvalue weighted by Crippen LogP contribution is -2.23. The lowest BCUT2D eigenvalue weighted by Gasteiger charge is -2.31. The summed E-state index contributed by atoms with van der Waals surface area (Å²) in [5, 5.41) is 0. The molecule has 1 atom stereocenters. The molecule has 0 fully saturated rings. The Morgan fingerprint density at radius 1 is 1.39 bits per heavy atom. The van der Waals surface area contributed by atoms with Crippen molar-refractivity contribution < 1.29 is 4.74 Å². The predicted molar refractivity (Wildman–Crippen MR) is 75.9 cm³/mol. The van der Waals surface area contributed by atoms with Crippen LogP contribution < -0.4 is 4.74 Å². The number of fused-ring (bicyclic) bond motifs is 3. The Morgan fingerprint density at radius 3 is 3.00 bits per heavy atom. The minimum atomic E-state index is 0.164. The Hall–Kier alpha value is -1.50. The molecule has 1 heteroatoms. The average Bonchev–Trinajstić information content (AvgIpc) is 2.60. The highest BCUT2D eigenvalue weighted by molar-refractivity contribution is 5.89. The lowest BCUT2D eigenvalue weighted by molar-refractivity contribution is 0.339. The molecule has 2 aliphatic carbocycles. The lowest BCUT2D eigenvalue weighted by atomic mass is 9.73. The number of benzene rings is 1. The molecule has 1 aromatic rings. The van der Waals surface area contributed by atoms with Crippen LogP contribution in [0.1, 0.15) is 44.2 Å². The summed E-state index contributed by atoms with van der Waals surface area (Å²) in [6.07, 6.45) is 6.06. The van der Waals surface area contributed by atoms with Gasteiger partial charge in [0.05, 0.1) is 6.61 Å². The van der Waals surface area contributed by atoms with Crippen LogP contribution in [0.4, 0.5) is 0 Å². The largest absolute Gasteiger partial charge is 0.494 e. The molecule has 1 nitrogen and oxygen atoms in total. The molecule has 3 rings (SSSR count). The number of allylic oxidation sites excluding steroid dienone is 3. The molecule has 0 amide bonds. The first-order valence-electron chi connectivity index (χ1n) is 6.84. The van der Waals surface area contributed by atoms with Crippen LogP contribution in [0.15, 0.2) is 36.4 Å². The SMILES string of the molecule is C=C1C2=CCCCC2(C)c2cc(OCC)ccc21. The standard InChI is InChI=1S/C17H20O/c1-4-18-13-8-9-14-12(2)15-7-5-6-10-17(15,3)16(14)11-13/h7-9,11H,2,4-6,10H2,1,3H3. The monoisotopic (exact) mass is 240 g/mol. The normalized spacial score (nSPS) is 25.4. The number of rotatable bonds is 2. The summed E-state index contributed by atoms with van der Waals surface area (Å²) in [6, 6.07) is 6.46. The van der Waals surface area contributed by atoms with Crippen molar-refractivity contribution in [2.24, 2.45) is 0 Å². The van der Waals surface area contributed by atoms with Crippen LogP contribution in [0.25, 0.3) is 5.57 Å². The summed E-state index contributed by atoms with van der Waals surface area (Å²) in [6.45, 7) is 9.39. The molecule has 18 heavy (non-hydrogen) atoms. The molecule has 0 N–H and O–H groups in total. The van der Waals surface area contributed by atoms with E-state index in [9.17, 15) is 0 Å². The highest BCUT2D eigenvalue weighted by Gasteiger charge is 2.41. The van der Waals surface area contributed by atoms with E-state index in [4.69, 9.17) is 4.74 Å². The summed E-state index contributed by atoms with van der Waals surface area (Å²) in [7, 11) is 0. The fraction of sp³-hybridized carbons (Fsp3) is 0.412.